The zero-order valence-electron chi connectivity index (χ0n) is 6.93. The van der Waals surface area contributed by atoms with E-state index in [1.807, 2.05) is 37.3 Å². The van der Waals surface area contributed by atoms with Gasteiger partial charge in [0, 0.05) is 0 Å². The highest BCUT2D eigenvalue weighted by atomic mass is 16.5. The summed E-state index contributed by atoms with van der Waals surface area (Å²) in [7, 11) is 0. The van der Waals surface area contributed by atoms with Crippen LogP contribution in [0.4, 0.5) is 0 Å². The number of carbonyl (C=O) groups is 1. The van der Waals surface area contributed by atoms with Gasteiger partial charge in [0.25, 0.3) is 6.47 Å². The lowest BCUT2D eigenvalue weighted by Gasteiger charge is -1.99. The van der Waals surface area contributed by atoms with Crippen molar-refractivity contribution in [3.8, 4) is 5.75 Å². The average Bonchev–Trinajstić information content (AvgIpc) is 2.08. The molecule has 0 saturated heterocycles. The molecule has 0 atom stereocenters. The minimum Gasteiger partial charge on any atom is -0.494 e. The van der Waals surface area contributed by atoms with Crippen LogP contribution in [0.1, 0.15) is 6.92 Å². The van der Waals surface area contributed by atoms with Gasteiger partial charge in [0.15, 0.2) is 0 Å². The Bertz CT molecular complexity index is 196. The van der Waals surface area contributed by atoms with Crippen molar-refractivity contribution in [3.63, 3.8) is 0 Å². The highest BCUT2D eigenvalue weighted by molar-refractivity contribution is 5.32. The van der Waals surface area contributed by atoms with Crippen LogP contribution in [0.5, 0.6) is 5.75 Å². The highest BCUT2D eigenvalue weighted by Crippen LogP contribution is 2.06. The number of benzene rings is 1. The predicted octanol–water partition coefficient (Wildman–Crippen LogP) is 1.79. The van der Waals surface area contributed by atoms with Gasteiger partial charge in [-0.1, -0.05) is 18.2 Å². The first-order valence-corrected chi connectivity index (χ1v) is 3.60. The lowest BCUT2D eigenvalue weighted by atomic mass is 10.3. The predicted molar refractivity (Wildman–Crippen MR) is 46.3 cm³/mol. The Labute approximate surface area is 71.6 Å². The number of hydrogen-bond acceptors (Lipinski definition) is 2. The summed E-state index contributed by atoms with van der Waals surface area (Å²) in [6.07, 6.45) is 0. The van der Waals surface area contributed by atoms with Crippen LogP contribution in [-0.4, -0.2) is 18.2 Å². The first-order valence-electron chi connectivity index (χ1n) is 3.60. The number of hydrogen-bond donors (Lipinski definition) is 1. The third-order valence-corrected chi connectivity index (χ3v) is 1.05. The molecule has 0 bridgehead atoms. The highest BCUT2D eigenvalue weighted by Gasteiger charge is 1.83. The van der Waals surface area contributed by atoms with Crippen LogP contribution >= 0.6 is 0 Å². The SMILES string of the molecule is CCOc1ccccc1.O=CO. The fourth-order valence-corrected chi connectivity index (χ4v) is 0.683. The zero-order valence-corrected chi connectivity index (χ0v) is 6.93. The van der Waals surface area contributed by atoms with Crippen molar-refractivity contribution in [1.82, 2.24) is 0 Å². The Kier molecular flexibility index (Phi) is 6.64. The van der Waals surface area contributed by atoms with Crippen molar-refractivity contribution >= 4 is 6.47 Å². The van der Waals surface area contributed by atoms with E-state index < -0.39 is 0 Å². The molecule has 0 aliphatic heterocycles. The smallest absolute Gasteiger partial charge is 0.290 e. The molecule has 0 heterocycles. The van der Waals surface area contributed by atoms with Crippen LogP contribution < -0.4 is 4.74 Å². The van der Waals surface area contributed by atoms with Crippen molar-refractivity contribution in [1.29, 1.82) is 0 Å². The molecule has 12 heavy (non-hydrogen) atoms. The van der Waals surface area contributed by atoms with E-state index in [9.17, 15) is 0 Å². The van der Waals surface area contributed by atoms with Crippen LogP contribution in [0.3, 0.4) is 0 Å². The van der Waals surface area contributed by atoms with Gasteiger partial charge >= 0.3 is 0 Å². The molecule has 1 aromatic carbocycles. The molecule has 0 aliphatic rings. The molecule has 0 unspecified atom stereocenters. The summed E-state index contributed by atoms with van der Waals surface area (Å²) in [6.45, 7) is 2.47. The zero-order chi connectivity index (χ0) is 9.23. The maximum absolute atomic E-state index is 8.36. The third kappa shape index (κ3) is 5.29. The molecular weight excluding hydrogens is 156 g/mol. The molecule has 0 aromatic heterocycles. The van der Waals surface area contributed by atoms with Gasteiger partial charge in [-0.05, 0) is 19.1 Å². The van der Waals surface area contributed by atoms with Crippen LogP contribution in [0, 0.1) is 0 Å². The molecular formula is C9H12O3. The lowest BCUT2D eigenvalue weighted by molar-refractivity contribution is -0.122. The Morgan fingerprint density at radius 3 is 2.33 bits per heavy atom. The molecule has 0 fully saturated rings. The molecule has 1 rings (SSSR count). The summed E-state index contributed by atoms with van der Waals surface area (Å²) in [5, 5.41) is 6.89. The van der Waals surface area contributed by atoms with Crippen LogP contribution in [0.2, 0.25) is 0 Å². The van der Waals surface area contributed by atoms with Crippen molar-refractivity contribution in [2.75, 3.05) is 6.61 Å². The summed E-state index contributed by atoms with van der Waals surface area (Å²) in [6, 6.07) is 9.80. The summed E-state index contributed by atoms with van der Waals surface area (Å²) in [4.78, 5) is 8.36. The van der Waals surface area contributed by atoms with Gasteiger partial charge in [0.1, 0.15) is 5.75 Å². The van der Waals surface area contributed by atoms with E-state index >= 15 is 0 Å². The molecule has 0 aliphatic carbocycles. The Hall–Kier alpha value is -1.51. The normalized spacial score (nSPS) is 7.75. The molecule has 0 spiro atoms. The van der Waals surface area contributed by atoms with E-state index in [2.05, 4.69) is 0 Å². The molecule has 1 aromatic rings. The van der Waals surface area contributed by atoms with Gasteiger partial charge in [-0.25, -0.2) is 0 Å². The van der Waals surface area contributed by atoms with Gasteiger partial charge < -0.3 is 9.84 Å². The quantitative estimate of drug-likeness (QED) is 0.685. The monoisotopic (exact) mass is 168 g/mol. The second-order valence-electron chi connectivity index (χ2n) is 1.85. The lowest BCUT2D eigenvalue weighted by Crippen LogP contribution is -1.89. The second-order valence-corrected chi connectivity index (χ2v) is 1.85. The molecule has 1 N–H and O–H groups in total. The molecule has 0 amide bonds. The number of carboxylic acid groups (broad SMARTS) is 1. The van der Waals surface area contributed by atoms with E-state index in [0.717, 1.165) is 12.4 Å². The van der Waals surface area contributed by atoms with E-state index in [0.29, 0.717) is 0 Å². The maximum atomic E-state index is 8.36. The van der Waals surface area contributed by atoms with Crippen LogP contribution in [-0.2, 0) is 4.79 Å². The van der Waals surface area contributed by atoms with Gasteiger partial charge in [-0.3, -0.25) is 4.79 Å². The summed E-state index contributed by atoms with van der Waals surface area (Å²) in [5.41, 5.74) is 0. The first kappa shape index (κ1) is 10.5. The number of para-hydroxylation sites is 1. The Morgan fingerprint density at radius 2 is 1.92 bits per heavy atom. The van der Waals surface area contributed by atoms with E-state index in [4.69, 9.17) is 14.6 Å². The molecule has 0 saturated carbocycles. The third-order valence-electron chi connectivity index (χ3n) is 1.05. The Balaban J connectivity index is 0.000000354. The second kappa shape index (κ2) is 7.60. The molecule has 3 nitrogen and oxygen atoms in total. The number of ether oxygens (including phenoxy) is 1. The van der Waals surface area contributed by atoms with Gasteiger partial charge in [-0.2, -0.15) is 0 Å². The van der Waals surface area contributed by atoms with Crippen molar-refractivity contribution < 1.29 is 14.6 Å². The molecule has 66 valence electrons. The topological polar surface area (TPSA) is 46.5 Å². The standard InChI is InChI=1S/C8H10O.CH2O2/c1-2-9-8-6-4-3-5-7-8;2-1-3/h3-7H,2H2,1H3;1H,(H,2,3). The summed E-state index contributed by atoms with van der Waals surface area (Å²) < 4.78 is 5.21. The van der Waals surface area contributed by atoms with Crippen LogP contribution in [0.25, 0.3) is 0 Å². The van der Waals surface area contributed by atoms with E-state index in [-0.39, 0.29) is 6.47 Å². The molecule has 0 radical (unpaired) electrons. The number of rotatable bonds is 2. The minimum absolute atomic E-state index is 0.250. The average molecular weight is 168 g/mol. The van der Waals surface area contributed by atoms with Crippen molar-refractivity contribution in [2.24, 2.45) is 0 Å². The minimum atomic E-state index is -0.250. The van der Waals surface area contributed by atoms with Gasteiger partial charge in [-0.15, -0.1) is 0 Å². The van der Waals surface area contributed by atoms with Crippen molar-refractivity contribution in [2.45, 2.75) is 6.92 Å². The van der Waals surface area contributed by atoms with E-state index in [1.54, 1.807) is 0 Å². The summed E-state index contributed by atoms with van der Waals surface area (Å²) >= 11 is 0. The first-order chi connectivity index (χ1) is 5.85. The largest absolute Gasteiger partial charge is 0.494 e. The van der Waals surface area contributed by atoms with Crippen LogP contribution in [0.15, 0.2) is 30.3 Å². The van der Waals surface area contributed by atoms with Gasteiger partial charge in [0.2, 0.25) is 0 Å². The van der Waals surface area contributed by atoms with E-state index in [1.165, 1.54) is 0 Å². The molecule has 3 heteroatoms. The Morgan fingerprint density at radius 1 is 1.42 bits per heavy atom. The van der Waals surface area contributed by atoms with Crippen molar-refractivity contribution in [3.05, 3.63) is 30.3 Å². The fourth-order valence-electron chi connectivity index (χ4n) is 0.683. The fraction of sp³-hybridized carbons (Fsp3) is 0.222. The summed E-state index contributed by atoms with van der Waals surface area (Å²) in [5.74, 6) is 0.944. The maximum Gasteiger partial charge on any atom is 0.290 e. The van der Waals surface area contributed by atoms with Gasteiger partial charge in [0.05, 0.1) is 6.61 Å².